The minimum Gasteiger partial charge on any atom is -0.497 e. The zero-order valence-corrected chi connectivity index (χ0v) is 23.6. The van der Waals surface area contributed by atoms with Crippen molar-refractivity contribution in [2.75, 3.05) is 49.3 Å². The highest BCUT2D eigenvalue weighted by atomic mass is 79.9. The highest BCUT2D eigenvalue weighted by Crippen LogP contribution is 2.26. The molecule has 11 heteroatoms. The van der Waals surface area contributed by atoms with Crippen LogP contribution < -0.4 is 15.0 Å². The molecule has 0 radical (unpaired) electrons. The molecule has 0 bridgehead atoms. The average Bonchev–Trinajstić information content (AvgIpc) is 3.46. The van der Waals surface area contributed by atoms with Crippen molar-refractivity contribution in [1.82, 2.24) is 15.1 Å². The Morgan fingerprint density at radius 3 is 2.38 bits per heavy atom. The van der Waals surface area contributed by atoms with E-state index in [1.54, 1.807) is 7.11 Å². The molecule has 9 nitrogen and oxygen atoms in total. The van der Waals surface area contributed by atoms with Gasteiger partial charge in [0.15, 0.2) is 0 Å². The molecule has 1 N–H and O–H groups in total. The summed E-state index contributed by atoms with van der Waals surface area (Å²) in [5.41, 5.74) is 3.21. The van der Waals surface area contributed by atoms with Crippen molar-refractivity contribution < 1.29 is 18.7 Å². The van der Waals surface area contributed by atoms with E-state index < -0.39 is 0 Å². The third-order valence-corrected chi connectivity index (χ3v) is 7.77. The van der Waals surface area contributed by atoms with E-state index >= 15 is 0 Å². The maximum Gasteiger partial charge on any atom is 0.277 e. The monoisotopic (exact) mass is 607 g/mol. The average molecular weight is 609 g/mol. The highest BCUT2D eigenvalue weighted by Gasteiger charge is 2.23. The third kappa shape index (κ3) is 6.61. The molecule has 1 aliphatic rings. The Morgan fingerprint density at radius 2 is 1.69 bits per heavy atom. The Bertz CT molecular complexity index is 1440. The van der Waals surface area contributed by atoms with E-state index in [4.69, 9.17) is 9.15 Å². The van der Waals surface area contributed by atoms with Crippen LogP contribution in [-0.2, 0) is 4.79 Å². The molecule has 2 heterocycles. The SMILES string of the molecule is COc1ccc(-c2nnc(SCC(=O)Nc3ccc(N4CCN(C(=O)c5ccccc5Br)CC4)cc3)o2)cc1. The predicted molar refractivity (Wildman–Crippen MR) is 154 cm³/mol. The zero-order valence-electron chi connectivity index (χ0n) is 21.2. The summed E-state index contributed by atoms with van der Waals surface area (Å²) in [6, 6.07) is 22.5. The molecule has 1 aromatic heterocycles. The number of carbonyl (C=O) groups is 2. The van der Waals surface area contributed by atoms with Crippen molar-refractivity contribution >= 4 is 50.9 Å². The molecule has 4 aromatic rings. The fourth-order valence-electron chi connectivity index (χ4n) is 4.17. The lowest BCUT2D eigenvalue weighted by atomic mass is 10.1. The number of rotatable bonds is 8. The number of nitrogens with zero attached hydrogens (tertiary/aromatic N) is 4. The summed E-state index contributed by atoms with van der Waals surface area (Å²) >= 11 is 4.65. The number of halogens is 1. The number of hydrogen-bond acceptors (Lipinski definition) is 8. The summed E-state index contributed by atoms with van der Waals surface area (Å²) in [7, 11) is 1.61. The van der Waals surface area contributed by atoms with Gasteiger partial charge < -0.3 is 24.3 Å². The Balaban J connectivity index is 1.08. The van der Waals surface area contributed by atoms with Crippen molar-refractivity contribution in [1.29, 1.82) is 0 Å². The smallest absolute Gasteiger partial charge is 0.277 e. The third-order valence-electron chi connectivity index (χ3n) is 6.26. The second-order valence-electron chi connectivity index (χ2n) is 8.74. The van der Waals surface area contributed by atoms with Gasteiger partial charge in [-0.2, -0.15) is 0 Å². The quantitative estimate of drug-likeness (QED) is 0.273. The minimum atomic E-state index is -0.170. The number of thioether (sulfide) groups is 1. The number of hydrogen-bond donors (Lipinski definition) is 1. The van der Waals surface area contributed by atoms with E-state index in [2.05, 4.69) is 36.3 Å². The number of carbonyl (C=O) groups excluding carboxylic acids is 2. The van der Waals surface area contributed by atoms with Gasteiger partial charge in [-0.1, -0.05) is 23.9 Å². The lowest BCUT2D eigenvalue weighted by molar-refractivity contribution is -0.113. The number of benzene rings is 3. The van der Waals surface area contributed by atoms with Crippen LogP contribution in [-0.4, -0.2) is 66.0 Å². The summed E-state index contributed by atoms with van der Waals surface area (Å²) in [4.78, 5) is 29.5. The van der Waals surface area contributed by atoms with Crippen LogP contribution in [0.3, 0.4) is 0 Å². The Kier molecular flexibility index (Phi) is 8.48. The standard InChI is InChI=1S/C28H26BrN5O4S/c1-37-22-12-6-19(7-13-22)26-31-32-28(38-26)39-18-25(35)30-20-8-10-21(11-9-20)33-14-16-34(17-15-33)27(36)23-4-2-3-5-24(23)29/h2-13H,14-18H2,1H3,(H,30,35). The van der Waals surface area contributed by atoms with Crippen molar-refractivity contribution in [2.24, 2.45) is 0 Å². The topological polar surface area (TPSA) is 101 Å². The zero-order chi connectivity index (χ0) is 27.2. The highest BCUT2D eigenvalue weighted by molar-refractivity contribution is 9.10. The first-order chi connectivity index (χ1) is 19.0. The molecule has 39 heavy (non-hydrogen) atoms. The molecule has 200 valence electrons. The van der Waals surface area contributed by atoms with Crippen molar-refractivity contribution in [3.05, 3.63) is 82.8 Å². The molecule has 0 aliphatic carbocycles. The second kappa shape index (κ2) is 12.4. The largest absolute Gasteiger partial charge is 0.497 e. The first-order valence-electron chi connectivity index (χ1n) is 12.3. The van der Waals surface area contributed by atoms with E-state index in [0.29, 0.717) is 35.5 Å². The van der Waals surface area contributed by atoms with Crippen LogP contribution in [0, 0.1) is 0 Å². The number of amides is 2. The molecule has 3 aromatic carbocycles. The normalized spacial score (nSPS) is 13.3. The molecule has 5 rings (SSSR count). The van der Waals surface area contributed by atoms with Crippen molar-refractivity contribution in [3.63, 3.8) is 0 Å². The number of aromatic nitrogens is 2. The molecule has 0 unspecified atom stereocenters. The summed E-state index contributed by atoms with van der Waals surface area (Å²) in [6.07, 6.45) is 0. The lowest BCUT2D eigenvalue weighted by Gasteiger charge is -2.36. The number of anilines is 2. The Morgan fingerprint density at radius 1 is 0.974 bits per heavy atom. The van der Waals surface area contributed by atoms with Gasteiger partial charge in [0.05, 0.1) is 18.4 Å². The first-order valence-corrected chi connectivity index (χ1v) is 14.1. The van der Waals surface area contributed by atoms with Gasteiger partial charge in [-0.15, -0.1) is 10.2 Å². The Hall–Kier alpha value is -3.83. The van der Waals surface area contributed by atoms with Crippen LogP contribution in [0.2, 0.25) is 0 Å². The van der Waals surface area contributed by atoms with E-state index in [1.807, 2.05) is 77.7 Å². The van der Waals surface area contributed by atoms with Gasteiger partial charge in [-0.05, 0) is 76.6 Å². The van der Waals surface area contributed by atoms with Gasteiger partial charge in [-0.25, -0.2) is 0 Å². The molecule has 0 spiro atoms. The number of piperazine rings is 1. The molecule has 0 atom stereocenters. The van der Waals surface area contributed by atoms with Gasteiger partial charge >= 0.3 is 0 Å². The summed E-state index contributed by atoms with van der Waals surface area (Å²) in [5.74, 6) is 1.13. The first kappa shape index (κ1) is 26.8. The molecule has 1 saturated heterocycles. The van der Waals surface area contributed by atoms with Gasteiger partial charge in [0, 0.05) is 47.6 Å². The van der Waals surface area contributed by atoms with E-state index in [0.717, 1.165) is 34.6 Å². The maximum atomic E-state index is 12.9. The minimum absolute atomic E-state index is 0.0375. The van der Waals surface area contributed by atoms with Crippen LogP contribution in [0.1, 0.15) is 10.4 Å². The van der Waals surface area contributed by atoms with E-state index in [-0.39, 0.29) is 17.6 Å². The Labute approximate surface area is 238 Å². The number of ether oxygens (including phenoxy) is 1. The molecule has 1 fully saturated rings. The number of methoxy groups -OCH3 is 1. The van der Waals surface area contributed by atoms with Crippen LogP contribution in [0.5, 0.6) is 5.75 Å². The second-order valence-corrected chi connectivity index (χ2v) is 10.5. The molecule has 0 saturated carbocycles. The summed E-state index contributed by atoms with van der Waals surface area (Å²) < 4.78 is 11.6. The number of nitrogens with one attached hydrogen (secondary N) is 1. The molecular formula is C28H26BrN5O4S. The van der Waals surface area contributed by atoms with Gasteiger partial charge in [0.25, 0.3) is 11.1 Å². The molecule has 1 aliphatic heterocycles. The van der Waals surface area contributed by atoms with Gasteiger partial charge in [0.1, 0.15) is 5.75 Å². The van der Waals surface area contributed by atoms with Gasteiger partial charge in [0.2, 0.25) is 11.8 Å². The lowest BCUT2D eigenvalue weighted by Crippen LogP contribution is -2.48. The van der Waals surface area contributed by atoms with Gasteiger partial charge in [-0.3, -0.25) is 9.59 Å². The summed E-state index contributed by atoms with van der Waals surface area (Å²) in [5, 5.41) is 11.3. The molecule has 2 amide bonds. The van der Waals surface area contributed by atoms with E-state index in [9.17, 15) is 9.59 Å². The maximum absolute atomic E-state index is 12.9. The molecular weight excluding hydrogens is 582 g/mol. The fourth-order valence-corrected chi connectivity index (χ4v) is 5.19. The predicted octanol–water partition coefficient (Wildman–Crippen LogP) is 5.20. The fraction of sp³-hybridized carbons (Fsp3) is 0.214. The van der Waals surface area contributed by atoms with Crippen molar-refractivity contribution in [3.8, 4) is 17.2 Å². The van der Waals surface area contributed by atoms with Crippen LogP contribution >= 0.6 is 27.7 Å². The van der Waals surface area contributed by atoms with Crippen LogP contribution in [0.4, 0.5) is 11.4 Å². The van der Waals surface area contributed by atoms with E-state index in [1.165, 1.54) is 11.8 Å². The summed E-state index contributed by atoms with van der Waals surface area (Å²) in [6.45, 7) is 2.76. The van der Waals surface area contributed by atoms with Crippen LogP contribution in [0.15, 0.2) is 86.9 Å². The van der Waals surface area contributed by atoms with Crippen molar-refractivity contribution in [2.45, 2.75) is 5.22 Å². The van der Waals surface area contributed by atoms with Crippen LogP contribution in [0.25, 0.3) is 11.5 Å².